The second-order valence-corrected chi connectivity index (χ2v) is 5.12. The molecule has 1 aromatic carbocycles. The van der Waals surface area contributed by atoms with E-state index in [2.05, 4.69) is 22.8 Å². The lowest BCUT2D eigenvalue weighted by Gasteiger charge is -2.29. The fourth-order valence-electron chi connectivity index (χ4n) is 2.85. The normalized spacial score (nSPS) is 16.9. The van der Waals surface area contributed by atoms with Crippen molar-refractivity contribution in [3.63, 3.8) is 0 Å². The average molecular weight is 260 g/mol. The van der Waals surface area contributed by atoms with Crippen molar-refractivity contribution >= 4 is 11.8 Å². The van der Waals surface area contributed by atoms with Crippen LogP contribution in [0.1, 0.15) is 31.2 Å². The highest BCUT2D eigenvalue weighted by atomic mass is 16.2. The number of hydrogen-bond donors (Lipinski definition) is 2. The molecule has 0 unspecified atom stereocenters. The molecule has 2 rings (SSSR count). The van der Waals surface area contributed by atoms with E-state index in [0.29, 0.717) is 6.54 Å². The second kappa shape index (κ2) is 5.87. The van der Waals surface area contributed by atoms with E-state index in [-0.39, 0.29) is 5.41 Å². The van der Waals surface area contributed by atoms with Gasteiger partial charge in [0, 0.05) is 19.0 Å². The molecule has 0 spiro atoms. The summed E-state index contributed by atoms with van der Waals surface area (Å²) in [5.74, 6) is -1.13. The van der Waals surface area contributed by atoms with Crippen LogP contribution in [0.25, 0.3) is 0 Å². The molecule has 0 radical (unpaired) electrons. The van der Waals surface area contributed by atoms with E-state index in [1.165, 1.54) is 25.5 Å². The van der Waals surface area contributed by atoms with Crippen LogP contribution in [-0.4, -0.2) is 25.4 Å². The maximum Gasteiger partial charge on any atom is 0.309 e. The zero-order valence-corrected chi connectivity index (χ0v) is 11.2. The molecular formula is C15H20N2O2. The average Bonchev–Trinajstić information content (AvgIpc) is 2.95. The van der Waals surface area contributed by atoms with E-state index in [0.717, 1.165) is 12.8 Å². The Morgan fingerprint density at radius 1 is 1.11 bits per heavy atom. The van der Waals surface area contributed by atoms with E-state index in [9.17, 15) is 9.59 Å². The van der Waals surface area contributed by atoms with Gasteiger partial charge in [-0.3, -0.25) is 9.59 Å². The quantitative estimate of drug-likeness (QED) is 0.806. The highest BCUT2D eigenvalue weighted by molar-refractivity contribution is 6.35. The van der Waals surface area contributed by atoms with Gasteiger partial charge in [-0.05, 0) is 18.4 Å². The zero-order chi connectivity index (χ0) is 13.7. The maximum atomic E-state index is 11.6. The molecule has 0 aliphatic heterocycles. The molecular weight excluding hydrogens is 240 g/mol. The lowest BCUT2D eigenvalue weighted by Crippen LogP contribution is -2.44. The van der Waals surface area contributed by atoms with Crippen molar-refractivity contribution in [1.29, 1.82) is 0 Å². The highest BCUT2D eigenvalue weighted by Gasteiger charge is 2.36. The van der Waals surface area contributed by atoms with Crippen LogP contribution in [-0.2, 0) is 15.0 Å². The Hall–Kier alpha value is -1.84. The Kier molecular flexibility index (Phi) is 4.20. The first-order chi connectivity index (χ1) is 9.18. The summed E-state index contributed by atoms with van der Waals surface area (Å²) in [4.78, 5) is 22.8. The van der Waals surface area contributed by atoms with Crippen LogP contribution in [0.3, 0.4) is 0 Å². The molecule has 0 aromatic heterocycles. The van der Waals surface area contributed by atoms with Gasteiger partial charge >= 0.3 is 11.8 Å². The molecule has 0 atom stereocenters. The fourth-order valence-corrected chi connectivity index (χ4v) is 2.85. The minimum absolute atomic E-state index is 0.00899. The SMILES string of the molecule is CNC(=O)C(=O)NCC1(c2ccccc2)CCCC1. The second-order valence-electron chi connectivity index (χ2n) is 5.12. The smallest absolute Gasteiger partial charge is 0.309 e. The molecule has 19 heavy (non-hydrogen) atoms. The van der Waals surface area contributed by atoms with Gasteiger partial charge in [-0.25, -0.2) is 0 Å². The van der Waals surface area contributed by atoms with Crippen molar-refractivity contribution in [3.8, 4) is 0 Å². The van der Waals surface area contributed by atoms with E-state index < -0.39 is 11.8 Å². The third-order valence-corrected chi connectivity index (χ3v) is 3.97. The number of likely N-dealkylation sites (N-methyl/N-ethyl adjacent to an activating group) is 1. The number of carbonyl (C=O) groups is 2. The maximum absolute atomic E-state index is 11.6. The van der Waals surface area contributed by atoms with Crippen LogP contribution < -0.4 is 10.6 Å². The molecule has 0 saturated heterocycles. The fraction of sp³-hybridized carbons (Fsp3) is 0.467. The molecule has 102 valence electrons. The number of carbonyl (C=O) groups excluding carboxylic acids is 2. The van der Waals surface area contributed by atoms with Gasteiger partial charge in [-0.1, -0.05) is 43.2 Å². The van der Waals surface area contributed by atoms with E-state index in [1.54, 1.807) is 0 Å². The highest BCUT2D eigenvalue weighted by Crippen LogP contribution is 2.40. The van der Waals surface area contributed by atoms with Crippen LogP contribution in [0.4, 0.5) is 0 Å². The van der Waals surface area contributed by atoms with E-state index in [4.69, 9.17) is 0 Å². The van der Waals surface area contributed by atoms with Gasteiger partial charge in [0.15, 0.2) is 0 Å². The predicted octanol–water partition coefficient (Wildman–Crippen LogP) is 1.36. The number of hydrogen-bond acceptors (Lipinski definition) is 2. The van der Waals surface area contributed by atoms with Gasteiger partial charge in [-0.15, -0.1) is 0 Å². The topological polar surface area (TPSA) is 58.2 Å². The van der Waals surface area contributed by atoms with Gasteiger partial charge in [0.05, 0.1) is 0 Å². The Bertz CT molecular complexity index is 450. The Labute approximate surface area is 113 Å². The molecule has 1 aromatic rings. The van der Waals surface area contributed by atoms with Crippen molar-refractivity contribution < 1.29 is 9.59 Å². The van der Waals surface area contributed by atoms with Crippen LogP contribution in [0.5, 0.6) is 0 Å². The zero-order valence-electron chi connectivity index (χ0n) is 11.2. The molecule has 4 nitrogen and oxygen atoms in total. The number of nitrogens with one attached hydrogen (secondary N) is 2. The third kappa shape index (κ3) is 2.95. The minimum Gasteiger partial charge on any atom is -0.351 e. The molecule has 0 bridgehead atoms. The standard InChI is InChI=1S/C15H20N2O2/c1-16-13(18)14(19)17-11-15(9-5-6-10-15)12-7-3-2-4-8-12/h2-4,7-8H,5-6,9-11H2,1H3,(H,16,18)(H,17,19). The molecule has 1 aliphatic carbocycles. The summed E-state index contributed by atoms with van der Waals surface area (Å²) in [6.45, 7) is 0.531. The molecule has 0 heterocycles. The molecule has 4 heteroatoms. The van der Waals surface area contributed by atoms with Crippen LogP contribution in [0.2, 0.25) is 0 Å². The molecule has 2 amide bonds. The first-order valence-corrected chi connectivity index (χ1v) is 6.73. The van der Waals surface area contributed by atoms with Crippen LogP contribution in [0.15, 0.2) is 30.3 Å². The summed E-state index contributed by atoms with van der Waals surface area (Å²) in [6, 6.07) is 10.3. The first-order valence-electron chi connectivity index (χ1n) is 6.73. The summed E-state index contributed by atoms with van der Waals surface area (Å²) < 4.78 is 0. The Morgan fingerprint density at radius 3 is 2.32 bits per heavy atom. The third-order valence-electron chi connectivity index (χ3n) is 3.97. The Balaban J connectivity index is 2.09. The number of rotatable bonds is 3. The largest absolute Gasteiger partial charge is 0.351 e. The summed E-state index contributed by atoms with van der Waals surface area (Å²) in [6.07, 6.45) is 4.46. The molecule has 2 N–H and O–H groups in total. The van der Waals surface area contributed by atoms with Crippen molar-refractivity contribution in [2.24, 2.45) is 0 Å². The van der Waals surface area contributed by atoms with Gasteiger partial charge in [0.1, 0.15) is 0 Å². The van der Waals surface area contributed by atoms with Crippen molar-refractivity contribution in [2.75, 3.05) is 13.6 Å². The first kappa shape index (κ1) is 13.6. The van der Waals surface area contributed by atoms with Crippen LogP contribution in [0, 0.1) is 0 Å². The van der Waals surface area contributed by atoms with E-state index >= 15 is 0 Å². The summed E-state index contributed by atoms with van der Waals surface area (Å²) in [5, 5.41) is 5.11. The van der Waals surface area contributed by atoms with Crippen molar-refractivity contribution in [2.45, 2.75) is 31.1 Å². The molecule has 1 aliphatic rings. The summed E-state index contributed by atoms with van der Waals surface area (Å²) in [5.41, 5.74) is 1.25. The van der Waals surface area contributed by atoms with Crippen LogP contribution >= 0.6 is 0 Å². The monoisotopic (exact) mass is 260 g/mol. The lowest BCUT2D eigenvalue weighted by atomic mass is 9.79. The van der Waals surface area contributed by atoms with Gasteiger partial charge in [0.25, 0.3) is 0 Å². The van der Waals surface area contributed by atoms with Crippen molar-refractivity contribution in [3.05, 3.63) is 35.9 Å². The summed E-state index contributed by atoms with van der Waals surface area (Å²) in [7, 11) is 1.46. The molecule has 1 saturated carbocycles. The minimum atomic E-state index is -0.582. The predicted molar refractivity (Wildman–Crippen MR) is 73.7 cm³/mol. The van der Waals surface area contributed by atoms with Gasteiger partial charge < -0.3 is 10.6 Å². The van der Waals surface area contributed by atoms with E-state index in [1.807, 2.05) is 18.2 Å². The Morgan fingerprint density at radius 2 is 1.74 bits per heavy atom. The van der Waals surface area contributed by atoms with Crippen molar-refractivity contribution in [1.82, 2.24) is 10.6 Å². The number of benzene rings is 1. The molecule has 1 fully saturated rings. The lowest BCUT2D eigenvalue weighted by molar-refractivity contribution is -0.139. The summed E-state index contributed by atoms with van der Waals surface area (Å²) >= 11 is 0. The van der Waals surface area contributed by atoms with Gasteiger partial charge in [-0.2, -0.15) is 0 Å². The number of amides is 2. The van der Waals surface area contributed by atoms with Gasteiger partial charge in [0.2, 0.25) is 0 Å².